The predicted molar refractivity (Wildman–Crippen MR) is 88.9 cm³/mol. The third-order valence-corrected chi connectivity index (χ3v) is 4.61. The van der Waals surface area contributed by atoms with Crippen LogP contribution in [0.5, 0.6) is 5.75 Å². The van der Waals surface area contributed by atoms with Gasteiger partial charge >= 0.3 is 6.36 Å². The summed E-state index contributed by atoms with van der Waals surface area (Å²) in [6.07, 6.45) is -3.95. The molecule has 0 aromatic heterocycles. The molecule has 0 spiro atoms. The van der Waals surface area contributed by atoms with Gasteiger partial charge in [0.15, 0.2) is 0 Å². The minimum Gasteiger partial charge on any atom is -0.406 e. The van der Waals surface area contributed by atoms with Crippen LogP contribution in [0.25, 0.3) is 0 Å². The minimum atomic E-state index is -4.79. The number of nitrogens with one attached hydrogen (secondary N) is 1. The highest BCUT2D eigenvalue weighted by Gasteiger charge is 2.31. The molecule has 0 saturated carbocycles. The second-order valence-electron chi connectivity index (χ2n) is 5.92. The second kappa shape index (κ2) is 7.35. The first-order valence-electron chi connectivity index (χ1n) is 7.53. The molecule has 0 aliphatic rings. The lowest BCUT2D eigenvalue weighted by Crippen LogP contribution is -2.17. The van der Waals surface area contributed by atoms with Gasteiger partial charge in [-0.05, 0) is 54.3 Å². The maximum absolute atomic E-state index is 12.3. The molecule has 136 valence electrons. The highest BCUT2D eigenvalue weighted by Crippen LogP contribution is 2.25. The van der Waals surface area contributed by atoms with Crippen molar-refractivity contribution in [1.29, 1.82) is 0 Å². The van der Waals surface area contributed by atoms with Crippen molar-refractivity contribution in [2.75, 3.05) is 4.72 Å². The molecule has 0 aliphatic heterocycles. The minimum absolute atomic E-state index is 0.0793. The van der Waals surface area contributed by atoms with Crippen molar-refractivity contribution in [3.05, 3.63) is 54.1 Å². The van der Waals surface area contributed by atoms with Gasteiger partial charge in [-0.2, -0.15) is 0 Å². The van der Waals surface area contributed by atoms with Crippen molar-refractivity contribution in [1.82, 2.24) is 0 Å². The maximum Gasteiger partial charge on any atom is 0.573 e. The van der Waals surface area contributed by atoms with E-state index in [-0.39, 0.29) is 10.6 Å². The van der Waals surface area contributed by atoms with E-state index in [0.29, 0.717) is 5.92 Å². The van der Waals surface area contributed by atoms with E-state index >= 15 is 0 Å². The average Bonchev–Trinajstić information content (AvgIpc) is 2.47. The van der Waals surface area contributed by atoms with E-state index in [9.17, 15) is 21.6 Å². The SMILES string of the molecule is CC(C)Cc1ccc(S(=O)(=O)Nc2ccc(OC(F)(F)F)cc2)cc1. The lowest BCUT2D eigenvalue weighted by molar-refractivity contribution is -0.274. The Kier molecular flexibility index (Phi) is 5.62. The summed E-state index contributed by atoms with van der Waals surface area (Å²) in [4.78, 5) is 0.0793. The quantitative estimate of drug-likeness (QED) is 0.806. The molecule has 0 aliphatic carbocycles. The van der Waals surface area contributed by atoms with Crippen LogP contribution in [0.4, 0.5) is 18.9 Å². The summed E-state index contributed by atoms with van der Waals surface area (Å²) in [5.74, 6) is 0.0338. The van der Waals surface area contributed by atoms with Crippen LogP contribution < -0.4 is 9.46 Å². The van der Waals surface area contributed by atoms with E-state index < -0.39 is 22.1 Å². The number of anilines is 1. The third-order valence-electron chi connectivity index (χ3n) is 3.22. The topological polar surface area (TPSA) is 55.4 Å². The van der Waals surface area contributed by atoms with Gasteiger partial charge in [0.25, 0.3) is 10.0 Å². The van der Waals surface area contributed by atoms with E-state index in [0.717, 1.165) is 24.1 Å². The van der Waals surface area contributed by atoms with E-state index in [2.05, 4.69) is 23.3 Å². The fourth-order valence-electron chi connectivity index (χ4n) is 2.21. The molecule has 0 heterocycles. The van der Waals surface area contributed by atoms with Crippen LogP contribution in [0.3, 0.4) is 0 Å². The summed E-state index contributed by atoms with van der Waals surface area (Å²) >= 11 is 0. The van der Waals surface area contributed by atoms with Crippen molar-refractivity contribution in [3.63, 3.8) is 0 Å². The highest BCUT2D eigenvalue weighted by molar-refractivity contribution is 7.92. The van der Waals surface area contributed by atoms with Gasteiger partial charge in [0, 0.05) is 5.69 Å². The molecule has 1 N–H and O–H groups in total. The molecule has 0 radical (unpaired) electrons. The van der Waals surface area contributed by atoms with Gasteiger partial charge in [-0.1, -0.05) is 26.0 Å². The zero-order valence-electron chi connectivity index (χ0n) is 13.7. The Hall–Kier alpha value is -2.22. The molecule has 2 aromatic rings. The number of hydrogen-bond donors (Lipinski definition) is 1. The Labute approximate surface area is 144 Å². The first-order valence-corrected chi connectivity index (χ1v) is 9.01. The largest absolute Gasteiger partial charge is 0.573 e. The lowest BCUT2D eigenvalue weighted by atomic mass is 10.0. The zero-order chi connectivity index (χ0) is 18.7. The van der Waals surface area contributed by atoms with Crippen LogP contribution in [-0.4, -0.2) is 14.8 Å². The van der Waals surface area contributed by atoms with Crippen LogP contribution >= 0.6 is 0 Å². The van der Waals surface area contributed by atoms with E-state index in [4.69, 9.17) is 0 Å². The standard InChI is InChI=1S/C17H18F3NO3S/c1-12(2)11-13-3-9-16(10-4-13)25(22,23)21-14-5-7-15(8-6-14)24-17(18,19)20/h3-10,12,21H,11H2,1-2H3. The molecule has 2 rings (SSSR count). The Morgan fingerprint density at radius 3 is 2.04 bits per heavy atom. The number of halogens is 3. The fourth-order valence-corrected chi connectivity index (χ4v) is 3.27. The molecule has 25 heavy (non-hydrogen) atoms. The van der Waals surface area contributed by atoms with Crippen LogP contribution in [0.1, 0.15) is 19.4 Å². The van der Waals surface area contributed by atoms with Gasteiger partial charge in [0.1, 0.15) is 5.75 Å². The normalized spacial score (nSPS) is 12.2. The van der Waals surface area contributed by atoms with E-state index in [1.54, 1.807) is 12.1 Å². The molecule has 0 saturated heterocycles. The predicted octanol–water partition coefficient (Wildman–Crippen LogP) is 4.58. The van der Waals surface area contributed by atoms with Crippen LogP contribution in [0.15, 0.2) is 53.4 Å². The number of sulfonamides is 1. The lowest BCUT2D eigenvalue weighted by Gasteiger charge is -2.11. The number of benzene rings is 2. The molecule has 0 atom stereocenters. The van der Waals surface area contributed by atoms with Gasteiger partial charge < -0.3 is 4.74 Å². The van der Waals surface area contributed by atoms with Gasteiger partial charge in [-0.25, -0.2) is 8.42 Å². The summed E-state index contributed by atoms with van der Waals surface area (Å²) in [5, 5.41) is 0. The first kappa shape index (κ1) is 19.1. The highest BCUT2D eigenvalue weighted by atomic mass is 32.2. The third kappa shape index (κ3) is 5.97. The number of hydrogen-bond acceptors (Lipinski definition) is 3. The fraction of sp³-hybridized carbons (Fsp3) is 0.294. The van der Waals surface area contributed by atoms with E-state index in [1.165, 1.54) is 24.3 Å². The molecular weight excluding hydrogens is 355 g/mol. The van der Waals surface area contributed by atoms with Crippen LogP contribution in [0, 0.1) is 5.92 Å². The Bertz CT molecular complexity index is 799. The monoisotopic (exact) mass is 373 g/mol. The zero-order valence-corrected chi connectivity index (χ0v) is 14.5. The summed E-state index contributed by atoms with van der Waals surface area (Å²) in [6.45, 7) is 4.14. The molecule has 0 bridgehead atoms. The molecule has 4 nitrogen and oxygen atoms in total. The Morgan fingerprint density at radius 2 is 1.56 bits per heavy atom. The summed E-state index contributed by atoms with van der Waals surface area (Å²) < 4.78 is 67.0. The Morgan fingerprint density at radius 1 is 1.00 bits per heavy atom. The molecule has 8 heteroatoms. The average molecular weight is 373 g/mol. The summed E-state index contributed by atoms with van der Waals surface area (Å²) in [5.41, 5.74) is 1.17. The molecule has 0 fully saturated rings. The number of ether oxygens (including phenoxy) is 1. The van der Waals surface area contributed by atoms with Crippen molar-refractivity contribution in [3.8, 4) is 5.75 Å². The molecule has 0 unspecified atom stereocenters. The van der Waals surface area contributed by atoms with Crippen molar-refractivity contribution in [2.45, 2.75) is 31.5 Å². The van der Waals surface area contributed by atoms with Gasteiger partial charge in [0.2, 0.25) is 0 Å². The van der Waals surface area contributed by atoms with Crippen molar-refractivity contribution in [2.24, 2.45) is 5.92 Å². The number of rotatable bonds is 6. The Balaban J connectivity index is 2.10. The van der Waals surface area contributed by atoms with Gasteiger partial charge in [-0.3, -0.25) is 4.72 Å². The summed E-state index contributed by atoms with van der Waals surface area (Å²) in [7, 11) is -3.82. The van der Waals surface area contributed by atoms with Crippen LogP contribution in [-0.2, 0) is 16.4 Å². The summed E-state index contributed by atoms with van der Waals surface area (Å²) in [6, 6.07) is 11.0. The molecular formula is C17H18F3NO3S. The van der Waals surface area contributed by atoms with Crippen molar-refractivity contribution < 1.29 is 26.3 Å². The van der Waals surface area contributed by atoms with Crippen LogP contribution in [0.2, 0.25) is 0 Å². The van der Waals surface area contributed by atoms with Gasteiger partial charge in [-0.15, -0.1) is 13.2 Å². The van der Waals surface area contributed by atoms with Crippen molar-refractivity contribution >= 4 is 15.7 Å². The second-order valence-corrected chi connectivity index (χ2v) is 7.60. The van der Waals surface area contributed by atoms with Gasteiger partial charge in [0.05, 0.1) is 4.90 Å². The molecule has 0 amide bonds. The smallest absolute Gasteiger partial charge is 0.406 e. The van der Waals surface area contributed by atoms with E-state index in [1.807, 2.05) is 0 Å². The molecule has 2 aromatic carbocycles. The first-order chi connectivity index (χ1) is 11.5. The number of alkyl halides is 3. The maximum atomic E-state index is 12.3.